The Hall–Kier alpha value is -5.01. The van der Waals surface area contributed by atoms with E-state index in [0.29, 0.717) is 35.1 Å². The fourth-order valence-electron chi connectivity index (χ4n) is 6.59. The first kappa shape index (κ1) is 33.9. The molecule has 0 bridgehead atoms. The number of aromatic amines is 1. The van der Waals surface area contributed by atoms with Gasteiger partial charge in [-0.3, -0.25) is 14.4 Å². The van der Waals surface area contributed by atoms with E-state index in [2.05, 4.69) is 41.9 Å². The molecule has 4 aromatic rings. The molecule has 1 saturated heterocycles. The number of carbonyl (C=O) groups is 3. The zero-order valence-corrected chi connectivity index (χ0v) is 27.3. The molecule has 1 unspecified atom stereocenters. The van der Waals surface area contributed by atoms with Crippen LogP contribution in [-0.4, -0.2) is 70.1 Å². The van der Waals surface area contributed by atoms with E-state index in [0.717, 1.165) is 62.7 Å². The number of halogens is 1. The summed E-state index contributed by atoms with van der Waals surface area (Å²) < 4.78 is 15.7. The number of carbonyl (C=O) groups excluding carboxylic acids is 3. The smallest absolute Gasteiger partial charge is 0.254 e. The van der Waals surface area contributed by atoms with Crippen molar-refractivity contribution in [2.45, 2.75) is 57.0 Å². The van der Waals surface area contributed by atoms with Gasteiger partial charge in [0.05, 0.1) is 5.56 Å². The van der Waals surface area contributed by atoms with Crippen LogP contribution in [0, 0.1) is 17.7 Å². The third kappa shape index (κ3) is 8.54. The third-order valence-electron chi connectivity index (χ3n) is 9.56. The first-order valence-corrected chi connectivity index (χ1v) is 16.9. The number of anilines is 1. The molecule has 1 aromatic heterocycles. The predicted octanol–water partition coefficient (Wildman–Crippen LogP) is 3.59. The number of benzene rings is 3. The minimum absolute atomic E-state index is 0.00498. The molecule has 3 amide bonds. The molecule has 13 heteroatoms. The largest absolute Gasteiger partial charge is 0.349 e. The topological polar surface area (TPSA) is 180 Å². The molecule has 1 aliphatic heterocycles. The van der Waals surface area contributed by atoms with Gasteiger partial charge in [0.15, 0.2) is 0 Å². The lowest BCUT2D eigenvalue weighted by atomic mass is 9.81. The molecule has 0 spiro atoms. The molecule has 1 atom stereocenters. The van der Waals surface area contributed by atoms with Gasteiger partial charge in [-0.15, -0.1) is 10.2 Å². The molecule has 6 rings (SSSR count). The van der Waals surface area contributed by atoms with E-state index < -0.39 is 17.8 Å². The number of amides is 3. The summed E-state index contributed by atoms with van der Waals surface area (Å²) in [5.74, 6) is -0.846. The molecule has 0 radical (unpaired) electrons. The Morgan fingerprint density at radius 3 is 2.29 bits per heavy atom. The van der Waals surface area contributed by atoms with Gasteiger partial charge in [0, 0.05) is 35.2 Å². The summed E-state index contributed by atoms with van der Waals surface area (Å²) in [7, 11) is 0. The Morgan fingerprint density at radius 2 is 1.61 bits per heavy atom. The number of H-pyrrole nitrogens is 1. The number of rotatable bonds is 11. The van der Waals surface area contributed by atoms with E-state index in [9.17, 15) is 14.4 Å². The van der Waals surface area contributed by atoms with Crippen molar-refractivity contribution in [2.75, 3.05) is 25.0 Å². The molecule has 3 aromatic carbocycles. The zero-order chi connectivity index (χ0) is 34.2. The summed E-state index contributed by atoms with van der Waals surface area (Å²) in [4.78, 5) is 40.0. The molecule has 256 valence electrons. The van der Waals surface area contributed by atoms with Crippen LogP contribution in [0.15, 0.2) is 66.7 Å². The quantitative estimate of drug-likeness (QED) is 0.140. The maximum absolute atomic E-state index is 15.7. The van der Waals surface area contributed by atoms with Crippen molar-refractivity contribution in [3.8, 4) is 22.5 Å². The maximum Gasteiger partial charge on any atom is 0.254 e. The van der Waals surface area contributed by atoms with Crippen molar-refractivity contribution in [2.24, 2.45) is 17.6 Å². The molecule has 1 saturated carbocycles. The second kappa shape index (κ2) is 15.9. The minimum atomic E-state index is -0.860. The Bertz CT molecular complexity index is 1720. The van der Waals surface area contributed by atoms with Crippen molar-refractivity contribution >= 4 is 23.4 Å². The number of nitrogens with zero attached hydrogens (tertiary/aromatic N) is 3. The van der Waals surface area contributed by atoms with E-state index in [1.165, 1.54) is 6.07 Å². The molecule has 2 aliphatic rings. The Kier molecular flexibility index (Phi) is 11.0. The summed E-state index contributed by atoms with van der Waals surface area (Å²) >= 11 is 0. The Balaban J connectivity index is 1.16. The van der Waals surface area contributed by atoms with Crippen LogP contribution in [0.3, 0.4) is 0 Å². The number of aromatic nitrogens is 4. The van der Waals surface area contributed by atoms with E-state index in [1.54, 1.807) is 48.5 Å². The highest BCUT2D eigenvalue weighted by Gasteiger charge is 2.29. The first-order valence-electron chi connectivity index (χ1n) is 16.9. The standard InChI is InChI=1S/C36H42FN9O3/c37-32-29(2-1-3-30(32)35(48)40-28-16-18-39-19-17-28)24-8-4-22(5-9-24)20-31(42-34(47)26-10-6-23(21-38)7-11-26)36(49)41-27-14-12-25(13-15-27)33-43-45-46-44-33/h1-5,8-9,12-15,23,26,28,31,39H,6-7,10-11,16-21,38H2,(H,40,48)(H,41,49)(H,42,47)(H,43,44,45,46). The van der Waals surface area contributed by atoms with E-state index in [-0.39, 0.29) is 35.8 Å². The second-order valence-electron chi connectivity index (χ2n) is 12.9. The normalized spacial score (nSPS) is 18.7. The highest BCUT2D eigenvalue weighted by atomic mass is 19.1. The van der Waals surface area contributed by atoms with Crippen LogP contribution in [-0.2, 0) is 16.0 Å². The Labute approximate surface area is 284 Å². The molecule has 49 heavy (non-hydrogen) atoms. The SMILES string of the molecule is NCC1CCC(C(=O)NC(Cc2ccc(-c3cccc(C(=O)NC4CCNCC4)c3F)cc2)C(=O)Nc2ccc(-c3nn[nH]n3)cc2)CC1. The molecule has 2 fully saturated rings. The average molecular weight is 668 g/mol. The number of nitrogens with one attached hydrogen (secondary N) is 5. The molecular weight excluding hydrogens is 625 g/mol. The minimum Gasteiger partial charge on any atom is -0.349 e. The summed E-state index contributed by atoms with van der Waals surface area (Å²) in [6.45, 7) is 2.25. The molecular formula is C36H42FN9O3. The van der Waals surface area contributed by atoms with E-state index >= 15 is 4.39 Å². The highest BCUT2D eigenvalue weighted by Crippen LogP contribution is 2.29. The third-order valence-corrected chi connectivity index (χ3v) is 9.56. The zero-order valence-electron chi connectivity index (χ0n) is 27.3. The number of hydrogen-bond donors (Lipinski definition) is 6. The first-order chi connectivity index (χ1) is 23.9. The van der Waals surface area contributed by atoms with Gasteiger partial charge in [-0.05, 0) is 111 Å². The van der Waals surface area contributed by atoms with Crippen LogP contribution in [0.25, 0.3) is 22.5 Å². The number of hydrogen-bond acceptors (Lipinski definition) is 8. The van der Waals surface area contributed by atoms with Gasteiger partial charge in [-0.1, -0.05) is 36.4 Å². The van der Waals surface area contributed by atoms with Crippen LogP contribution in [0.2, 0.25) is 0 Å². The summed E-state index contributed by atoms with van der Waals surface area (Å²) in [5, 5.41) is 26.1. The van der Waals surface area contributed by atoms with Crippen LogP contribution < -0.4 is 27.0 Å². The van der Waals surface area contributed by atoms with Crippen LogP contribution in [0.5, 0.6) is 0 Å². The second-order valence-corrected chi connectivity index (χ2v) is 12.9. The summed E-state index contributed by atoms with van der Waals surface area (Å²) in [6, 6.07) is 18.2. The molecule has 12 nitrogen and oxygen atoms in total. The van der Waals surface area contributed by atoms with Gasteiger partial charge in [-0.25, -0.2) is 4.39 Å². The van der Waals surface area contributed by atoms with Crippen molar-refractivity contribution in [3.05, 3.63) is 83.7 Å². The van der Waals surface area contributed by atoms with Gasteiger partial charge in [-0.2, -0.15) is 5.21 Å². The van der Waals surface area contributed by atoms with E-state index in [1.807, 2.05) is 12.1 Å². The van der Waals surface area contributed by atoms with Crippen molar-refractivity contribution in [1.29, 1.82) is 0 Å². The molecule has 7 N–H and O–H groups in total. The van der Waals surface area contributed by atoms with Crippen LogP contribution in [0.1, 0.15) is 54.4 Å². The van der Waals surface area contributed by atoms with Crippen molar-refractivity contribution in [1.82, 2.24) is 36.6 Å². The number of nitrogens with two attached hydrogens (primary N) is 1. The maximum atomic E-state index is 15.7. The fourth-order valence-corrected chi connectivity index (χ4v) is 6.59. The van der Waals surface area contributed by atoms with E-state index in [4.69, 9.17) is 5.73 Å². The van der Waals surface area contributed by atoms with Crippen molar-refractivity contribution < 1.29 is 18.8 Å². The molecule has 1 aliphatic carbocycles. The average Bonchev–Trinajstić information content (AvgIpc) is 3.68. The summed E-state index contributed by atoms with van der Waals surface area (Å²) in [6.07, 6.45) is 5.06. The van der Waals surface area contributed by atoms with Gasteiger partial charge in [0.2, 0.25) is 17.6 Å². The lowest BCUT2D eigenvalue weighted by Gasteiger charge is -2.28. The van der Waals surface area contributed by atoms with Gasteiger partial charge < -0.3 is 27.0 Å². The number of piperidine rings is 1. The fraction of sp³-hybridized carbons (Fsp3) is 0.389. The van der Waals surface area contributed by atoms with Crippen LogP contribution >= 0.6 is 0 Å². The Morgan fingerprint density at radius 1 is 0.898 bits per heavy atom. The monoisotopic (exact) mass is 667 g/mol. The van der Waals surface area contributed by atoms with Gasteiger partial charge >= 0.3 is 0 Å². The lowest BCUT2D eigenvalue weighted by Crippen LogP contribution is -2.48. The van der Waals surface area contributed by atoms with Gasteiger partial charge in [0.25, 0.3) is 5.91 Å². The summed E-state index contributed by atoms with van der Waals surface area (Å²) in [5.41, 5.74) is 8.82. The van der Waals surface area contributed by atoms with Crippen molar-refractivity contribution in [3.63, 3.8) is 0 Å². The van der Waals surface area contributed by atoms with Crippen LogP contribution in [0.4, 0.5) is 10.1 Å². The van der Waals surface area contributed by atoms with Gasteiger partial charge in [0.1, 0.15) is 11.9 Å². The molecule has 2 heterocycles. The highest BCUT2D eigenvalue weighted by molar-refractivity contribution is 5.98. The number of tetrazole rings is 1. The predicted molar refractivity (Wildman–Crippen MR) is 184 cm³/mol. The lowest BCUT2D eigenvalue weighted by molar-refractivity contribution is -0.130.